The number of rotatable bonds is 2. The molecule has 0 rings (SSSR count). The molecule has 0 aromatic carbocycles. The van der Waals surface area contributed by atoms with E-state index in [0.717, 1.165) is 0 Å². The molecule has 0 aliphatic carbocycles. The molecule has 0 saturated carbocycles. The molecule has 1 N–H and O–H groups in total. The number of carbonyl (C=O) groups excluding carboxylic acids is 2. The average Bonchev–Trinajstić information content (AvgIpc) is 1.65. The van der Waals surface area contributed by atoms with Crippen LogP contribution in [0.1, 0.15) is 6.92 Å². The Labute approximate surface area is 87.1 Å². The summed E-state index contributed by atoms with van der Waals surface area (Å²) in [6.45, 7) is 0.567. The van der Waals surface area contributed by atoms with Gasteiger partial charge in [0.25, 0.3) is 0 Å². The summed E-state index contributed by atoms with van der Waals surface area (Å²) in [7, 11) is 0. The first-order chi connectivity index (χ1) is 3.89. The molecule has 0 saturated heterocycles. The molecule has 0 atom stereocenters. The fraction of sp³-hybridized carbons (Fsp3) is 0.500. The van der Waals surface area contributed by atoms with Crippen molar-refractivity contribution in [1.82, 2.24) is 0 Å². The van der Waals surface area contributed by atoms with Gasteiger partial charge in [-0.15, -0.1) is 0 Å². The van der Waals surface area contributed by atoms with Crippen molar-refractivity contribution in [3.8, 4) is 0 Å². The third-order valence-corrected chi connectivity index (χ3v) is 0.795. The van der Waals surface area contributed by atoms with Gasteiger partial charge in [-0.25, -0.2) is 0 Å². The summed E-state index contributed by atoms with van der Waals surface area (Å²) in [5.41, 5.74) is -2.89. The monoisotopic (exact) mass is 146 g/mol. The Morgan fingerprint density at radius 3 is 1.36 bits per heavy atom. The quantitative estimate of drug-likeness (QED) is 0.308. The average molecular weight is 146 g/mol. The van der Waals surface area contributed by atoms with E-state index in [1.54, 1.807) is 0 Å². The Balaban J connectivity index is -0.000000320. The standard InChI is InChI=1S/C4H6O5.2Li/c1-4(9,2(5)6)3(7)8;;/h9H,1H3,(H,5,6)(H,7,8);;/q;2*+1/p-2. The maximum Gasteiger partial charge on any atom is 1.00 e. The summed E-state index contributed by atoms with van der Waals surface area (Å²) in [5.74, 6) is -4.16. The van der Waals surface area contributed by atoms with E-state index in [9.17, 15) is 19.8 Å². The summed E-state index contributed by atoms with van der Waals surface area (Å²) in [5, 5.41) is 27.7. The van der Waals surface area contributed by atoms with Crippen LogP contribution in [0.5, 0.6) is 0 Å². The maximum atomic E-state index is 9.68. The van der Waals surface area contributed by atoms with Crippen LogP contribution in [0.3, 0.4) is 0 Å². The van der Waals surface area contributed by atoms with E-state index in [1.807, 2.05) is 0 Å². The molecule has 0 aromatic rings. The molecule has 0 aromatic heterocycles. The van der Waals surface area contributed by atoms with Crippen molar-refractivity contribution in [2.75, 3.05) is 0 Å². The second-order valence-corrected chi connectivity index (χ2v) is 1.65. The number of hydrogen-bond donors (Lipinski definition) is 1. The molecule has 11 heavy (non-hydrogen) atoms. The van der Waals surface area contributed by atoms with Gasteiger partial charge in [-0.05, 0) is 6.92 Å². The zero-order chi connectivity index (χ0) is 7.65. The first kappa shape index (κ1) is 17.3. The normalized spacial score (nSPS) is 8.91. The minimum atomic E-state index is -2.89. The van der Waals surface area contributed by atoms with Crippen LogP contribution in [-0.4, -0.2) is 22.6 Å². The number of hydrogen-bond acceptors (Lipinski definition) is 5. The molecule has 0 heterocycles. The SMILES string of the molecule is CC(O)(C(=O)[O-])C(=O)[O-].[Li+].[Li+]. The minimum absolute atomic E-state index is 0. The second kappa shape index (κ2) is 5.71. The molecule has 0 spiro atoms. The van der Waals surface area contributed by atoms with E-state index >= 15 is 0 Å². The summed E-state index contributed by atoms with van der Waals surface area (Å²) in [6.07, 6.45) is 0. The van der Waals surface area contributed by atoms with Gasteiger partial charge in [-0.2, -0.15) is 0 Å². The maximum absolute atomic E-state index is 9.68. The first-order valence-electron chi connectivity index (χ1n) is 2.04. The largest absolute Gasteiger partial charge is 1.00 e. The number of carbonyl (C=O) groups is 2. The minimum Gasteiger partial charge on any atom is -0.547 e. The predicted molar refractivity (Wildman–Crippen MR) is 20.6 cm³/mol. The van der Waals surface area contributed by atoms with Gasteiger partial charge in [-0.1, -0.05) is 0 Å². The molecular weight excluding hydrogens is 142 g/mol. The van der Waals surface area contributed by atoms with Crippen molar-refractivity contribution < 1.29 is 62.6 Å². The summed E-state index contributed by atoms with van der Waals surface area (Å²) in [4.78, 5) is 19.4. The summed E-state index contributed by atoms with van der Waals surface area (Å²) >= 11 is 0. The predicted octanol–water partition coefficient (Wildman–Crippen LogP) is -9.75. The number of aliphatic hydroxyl groups is 1. The fourth-order valence-corrected chi connectivity index (χ4v) is 0.0833. The van der Waals surface area contributed by atoms with Gasteiger partial charge in [0.1, 0.15) is 5.60 Å². The third-order valence-electron chi connectivity index (χ3n) is 0.795. The molecule has 5 nitrogen and oxygen atoms in total. The van der Waals surface area contributed by atoms with Crippen molar-refractivity contribution in [3.63, 3.8) is 0 Å². The van der Waals surface area contributed by atoms with E-state index in [1.165, 1.54) is 0 Å². The number of carboxylic acids is 2. The van der Waals surface area contributed by atoms with Crippen LogP contribution in [0.25, 0.3) is 0 Å². The van der Waals surface area contributed by atoms with Gasteiger partial charge in [-0.3, -0.25) is 0 Å². The van der Waals surface area contributed by atoms with Gasteiger partial charge in [0, 0.05) is 0 Å². The van der Waals surface area contributed by atoms with Crippen LogP contribution in [-0.2, 0) is 9.59 Å². The van der Waals surface area contributed by atoms with Gasteiger partial charge < -0.3 is 24.9 Å². The summed E-state index contributed by atoms with van der Waals surface area (Å²) in [6, 6.07) is 0. The molecular formula is C4H4Li2O5. The number of aliphatic carboxylic acids is 2. The molecule has 0 fully saturated rings. The van der Waals surface area contributed by atoms with Crippen molar-refractivity contribution >= 4 is 11.9 Å². The molecule has 0 aliphatic heterocycles. The van der Waals surface area contributed by atoms with Crippen molar-refractivity contribution in [3.05, 3.63) is 0 Å². The smallest absolute Gasteiger partial charge is 0.547 e. The van der Waals surface area contributed by atoms with Gasteiger partial charge >= 0.3 is 37.7 Å². The number of carboxylic acid groups (broad SMARTS) is 2. The van der Waals surface area contributed by atoms with Crippen LogP contribution in [0.2, 0.25) is 0 Å². The topological polar surface area (TPSA) is 100 Å². The molecule has 52 valence electrons. The van der Waals surface area contributed by atoms with E-state index in [4.69, 9.17) is 5.11 Å². The Morgan fingerprint density at radius 1 is 1.18 bits per heavy atom. The fourth-order valence-electron chi connectivity index (χ4n) is 0.0833. The van der Waals surface area contributed by atoms with Crippen LogP contribution in [0.15, 0.2) is 0 Å². The molecule has 0 bridgehead atoms. The van der Waals surface area contributed by atoms with Gasteiger partial charge in [0.15, 0.2) is 0 Å². The van der Waals surface area contributed by atoms with E-state index in [-0.39, 0.29) is 37.7 Å². The third kappa shape index (κ3) is 4.52. The zero-order valence-corrected chi connectivity index (χ0v) is 6.58. The van der Waals surface area contributed by atoms with Crippen LogP contribution in [0.4, 0.5) is 0 Å². The van der Waals surface area contributed by atoms with Gasteiger partial charge in [0.2, 0.25) is 0 Å². The Hall–Kier alpha value is 0.0948. The zero-order valence-electron chi connectivity index (χ0n) is 6.58. The van der Waals surface area contributed by atoms with E-state index in [2.05, 4.69) is 0 Å². The van der Waals surface area contributed by atoms with Crippen LogP contribution in [0, 0.1) is 0 Å². The van der Waals surface area contributed by atoms with Crippen molar-refractivity contribution in [2.24, 2.45) is 0 Å². The first-order valence-corrected chi connectivity index (χ1v) is 2.04. The Morgan fingerprint density at radius 2 is 1.36 bits per heavy atom. The molecule has 0 radical (unpaired) electrons. The van der Waals surface area contributed by atoms with Crippen LogP contribution >= 0.6 is 0 Å². The Bertz CT molecular complexity index is 139. The molecule has 0 amide bonds. The van der Waals surface area contributed by atoms with Gasteiger partial charge in [0.05, 0.1) is 11.9 Å². The molecule has 7 heteroatoms. The van der Waals surface area contributed by atoms with E-state index in [0.29, 0.717) is 6.92 Å². The van der Waals surface area contributed by atoms with Crippen LogP contribution < -0.4 is 47.9 Å². The molecule has 0 aliphatic rings. The van der Waals surface area contributed by atoms with Crippen molar-refractivity contribution in [2.45, 2.75) is 12.5 Å². The summed E-state index contributed by atoms with van der Waals surface area (Å²) < 4.78 is 0. The Kier molecular flexibility index (Phi) is 8.95. The van der Waals surface area contributed by atoms with E-state index < -0.39 is 17.5 Å². The van der Waals surface area contributed by atoms with Crippen molar-refractivity contribution in [1.29, 1.82) is 0 Å². The second-order valence-electron chi connectivity index (χ2n) is 1.65. The molecule has 0 unspecified atom stereocenters.